The summed E-state index contributed by atoms with van der Waals surface area (Å²) in [5, 5.41) is 3.58. The van der Waals surface area contributed by atoms with Crippen molar-refractivity contribution in [2.24, 2.45) is 5.92 Å². The van der Waals surface area contributed by atoms with Crippen LogP contribution >= 0.6 is 0 Å². The Labute approximate surface area is 133 Å². The number of rotatable bonds is 3. The molecule has 0 spiro atoms. The van der Waals surface area contributed by atoms with Crippen LogP contribution in [-0.2, 0) is 0 Å². The molecule has 22 heavy (non-hydrogen) atoms. The summed E-state index contributed by atoms with van der Waals surface area (Å²) in [6.45, 7) is 4.40. The fourth-order valence-corrected chi connectivity index (χ4v) is 3.75. The van der Waals surface area contributed by atoms with Crippen molar-refractivity contribution in [2.45, 2.75) is 64.3 Å². The first-order chi connectivity index (χ1) is 10.7. The van der Waals surface area contributed by atoms with Crippen LogP contribution in [0.15, 0.2) is 6.33 Å². The molecule has 1 aliphatic heterocycles. The minimum absolute atomic E-state index is 0.507. The number of hydrogen-bond acceptors (Lipinski definition) is 5. The Morgan fingerprint density at radius 1 is 1.09 bits per heavy atom. The van der Waals surface area contributed by atoms with Crippen LogP contribution < -0.4 is 16.0 Å². The molecule has 3 rings (SSSR count). The Morgan fingerprint density at radius 3 is 2.59 bits per heavy atom. The smallest absolute Gasteiger partial charge is 0.157 e. The highest BCUT2D eigenvalue weighted by molar-refractivity contribution is 5.75. The average molecular weight is 303 g/mol. The van der Waals surface area contributed by atoms with Crippen LogP contribution in [0.4, 0.5) is 17.3 Å². The van der Waals surface area contributed by atoms with Crippen LogP contribution in [0.25, 0.3) is 0 Å². The topological polar surface area (TPSA) is 67.1 Å². The number of nitrogens with zero attached hydrogens (tertiary/aromatic N) is 3. The van der Waals surface area contributed by atoms with Gasteiger partial charge in [0, 0.05) is 19.1 Å². The van der Waals surface area contributed by atoms with Crippen molar-refractivity contribution in [1.82, 2.24) is 9.97 Å². The van der Waals surface area contributed by atoms with Crippen LogP contribution in [0.1, 0.15) is 58.3 Å². The van der Waals surface area contributed by atoms with Crippen molar-refractivity contribution in [3.63, 3.8) is 0 Å². The van der Waals surface area contributed by atoms with Gasteiger partial charge in [-0.05, 0) is 31.6 Å². The molecule has 5 nitrogen and oxygen atoms in total. The van der Waals surface area contributed by atoms with Gasteiger partial charge in [-0.15, -0.1) is 0 Å². The standard InChI is InChI=1S/C17H29N5/c1-13-7-6-10-22(11-13)17-15(18)16(19-12-20-17)21-14-8-4-2-3-5-9-14/h12-14H,2-11,18H2,1H3,(H,19,20,21). The Kier molecular flexibility index (Phi) is 5.01. The first-order valence-electron chi connectivity index (χ1n) is 8.86. The van der Waals surface area contributed by atoms with Gasteiger partial charge in [0.05, 0.1) is 0 Å². The first kappa shape index (κ1) is 15.4. The number of piperidine rings is 1. The molecule has 2 fully saturated rings. The zero-order valence-electron chi connectivity index (χ0n) is 13.7. The molecule has 122 valence electrons. The monoisotopic (exact) mass is 303 g/mol. The van der Waals surface area contributed by atoms with Gasteiger partial charge in [0.1, 0.15) is 12.0 Å². The van der Waals surface area contributed by atoms with Gasteiger partial charge in [-0.3, -0.25) is 0 Å². The molecule has 3 N–H and O–H groups in total. The highest BCUT2D eigenvalue weighted by Crippen LogP contribution is 2.31. The van der Waals surface area contributed by atoms with E-state index in [1.165, 1.54) is 51.4 Å². The highest BCUT2D eigenvalue weighted by Gasteiger charge is 2.22. The third-order valence-corrected chi connectivity index (χ3v) is 5.02. The van der Waals surface area contributed by atoms with E-state index in [9.17, 15) is 0 Å². The summed E-state index contributed by atoms with van der Waals surface area (Å²) in [5.74, 6) is 2.45. The fourth-order valence-electron chi connectivity index (χ4n) is 3.75. The molecule has 1 aromatic rings. The average Bonchev–Trinajstić information content (AvgIpc) is 2.78. The molecule has 0 aromatic carbocycles. The maximum absolute atomic E-state index is 6.39. The fraction of sp³-hybridized carbons (Fsp3) is 0.765. The van der Waals surface area contributed by atoms with Crippen molar-refractivity contribution in [3.8, 4) is 0 Å². The molecule has 2 aliphatic rings. The number of aromatic nitrogens is 2. The van der Waals surface area contributed by atoms with Crippen molar-refractivity contribution in [2.75, 3.05) is 29.0 Å². The molecule has 5 heteroatoms. The zero-order chi connectivity index (χ0) is 15.4. The van der Waals surface area contributed by atoms with Gasteiger partial charge in [-0.2, -0.15) is 0 Å². The highest BCUT2D eigenvalue weighted by atomic mass is 15.2. The first-order valence-corrected chi connectivity index (χ1v) is 8.86. The van der Waals surface area contributed by atoms with E-state index in [0.29, 0.717) is 12.0 Å². The van der Waals surface area contributed by atoms with Crippen molar-refractivity contribution >= 4 is 17.3 Å². The van der Waals surface area contributed by atoms with E-state index in [4.69, 9.17) is 5.73 Å². The zero-order valence-corrected chi connectivity index (χ0v) is 13.7. The van der Waals surface area contributed by atoms with Gasteiger partial charge in [0.2, 0.25) is 0 Å². The summed E-state index contributed by atoms with van der Waals surface area (Å²) >= 11 is 0. The summed E-state index contributed by atoms with van der Waals surface area (Å²) in [7, 11) is 0. The summed E-state index contributed by atoms with van der Waals surface area (Å²) in [5.41, 5.74) is 7.11. The van der Waals surface area contributed by atoms with E-state index in [2.05, 4.69) is 27.1 Å². The Bertz CT molecular complexity index is 482. The van der Waals surface area contributed by atoms with Crippen LogP contribution in [0.2, 0.25) is 0 Å². The predicted octanol–water partition coefficient (Wildman–Crippen LogP) is 3.43. The van der Waals surface area contributed by atoms with E-state index < -0.39 is 0 Å². The summed E-state index contributed by atoms with van der Waals surface area (Å²) in [6.07, 6.45) is 11.9. The molecule has 1 aromatic heterocycles. The van der Waals surface area contributed by atoms with Gasteiger partial charge in [0.25, 0.3) is 0 Å². The molecular weight excluding hydrogens is 274 g/mol. The molecule has 1 saturated heterocycles. The minimum Gasteiger partial charge on any atom is -0.393 e. The second-order valence-electron chi connectivity index (χ2n) is 6.99. The van der Waals surface area contributed by atoms with Crippen molar-refractivity contribution in [1.29, 1.82) is 0 Å². The molecule has 1 unspecified atom stereocenters. The molecule has 1 saturated carbocycles. The Hall–Kier alpha value is -1.52. The van der Waals surface area contributed by atoms with E-state index >= 15 is 0 Å². The van der Waals surface area contributed by atoms with Crippen molar-refractivity contribution in [3.05, 3.63) is 6.33 Å². The number of anilines is 3. The van der Waals surface area contributed by atoms with Crippen LogP contribution in [0, 0.1) is 5.92 Å². The van der Waals surface area contributed by atoms with Gasteiger partial charge in [-0.1, -0.05) is 32.6 Å². The Balaban J connectivity index is 1.73. The third kappa shape index (κ3) is 3.62. The minimum atomic E-state index is 0.507. The van der Waals surface area contributed by atoms with Crippen molar-refractivity contribution < 1.29 is 0 Å². The molecule has 0 amide bonds. The van der Waals surface area contributed by atoms with Gasteiger partial charge >= 0.3 is 0 Å². The number of nitrogens with one attached hydrogen (secondary N) is 1. The maximum Gasteiger partial charge on any atom is 0.157 e. The predicted molar refractivity (Wildman–Crippen MR) is 92.2 cm³/mol. The van der Waals surface area contributed by atoms with Gasteiger partial charge in [0.15, 0.2) is 11.6 Å². The van der Waals surface area contributed by atoms with E-state index in [1.807, 2.05) is 0 Å². The molecule has 0 radical (unpaired) electrons. The molecule has 2 heterocycles. The lowest BCUT2D eigenvalue weighted by molar-refractivity contribution is 0.445. The second-order valence-corrected chi connectivity index (χ2v) is 6.99. The normalized spacial score (nSPS) is 24.0. The van der Waals surface area contributed by atoms with Crippen LogP contribution in [-0.4, -0.2) is 29.1 Å². The second kappa shape index (κ2) is 7.16. The van der Waals surface area contributed by atoms with E-state index in [-0.39, 0.29) is 0 Å². The molecular formula is C17H29N5. The summed E-state index contributed by atoms with van der Waals surface area (Å²) in [6, 6.07) is 0.507. The SMILES string of the molecule is CC1CCCN(c2ncnc(NC3CCCCCC3)c2N)C1. The van der Waals surface area contributed by atoms with Gasteiger partial charge in [-0.25, -0.2) is 9.97 Å². The molecule has 0 bridgehead atoms. The lowest BCUT2D eigenvalue weighted by Crippen LogP contribution is -2.35. The number of hydrogen-bond donors (Lipinski definition) is 2. The van der Waals surface area contributed by atoms with Crippen LogP contribution in [0.3, 0.4) is 0 Å². The largest absolute Gasteiger partial charge is 0.393 e. The lowest BCUT2D eigenvalue weighted by atomic mass is 10.0. The quantitative estimate of drug-likeness (QED) is 0.837. The molecule has 1 atom stereocenters. The summed E-state index contributed by atoms with van der Waals surface area (Å²) in [4.78, 5) is 11.2. The maximum atomic E-state index is 6.39. The number of nitrogens with two attached hydrogens (primary N) is 1. The third-order valence-electron chi connectivity index (χ3n) is 5.02. The Morgan fingerprint density at radius 2 is 1.86 bits per heavy atom. The summed E-state index contributed by atoms with van der Waals surface area (Å²) < 4.78 is 0. The molecule has 1 aliphatic carbocycles. The van der Waals surface area contributed by atoms with Gasteiger partial charge < -0.3 is 16.0 Å². The van der Waals surface area contributed by atoms with Crippen LogP contribution in [0.5, 0.6) is 0 Å². The lowest BCUT2D eigenvalue weighted by Gasteiger charge is -2.32. The van der Waals surface area contributed by atoms with E-state index in [0.717, 1.165) is 30.4 Å². The van der Waals surface area contributed by atoms with E-state index in [1.54, 1.807) is 6.33 Å². The number of nitrogen functional groups attached to an aromatic ring is 1.